The Balaban J connectivity index is 1.62. The van der Waals surface area contributed by atoms with E-state index in [0.717, 1.165) is 24.9 Å². The first kappa shape index (κ1) is 19.2. The van der Waals surface area contributed by atoms with E-state index in [1.54, 1.807) is 47.4 Å². The lowest BCUT2D eigenvalue weighted by Crippen LogP contribution is -2.31. The van der Waals surface area contributed by atoms with Crippen molar-refractivity contribution in [3.63, 3.8) is 0 Å². The van der Waals surface area contributed by atoms with E-state index >= 15 is 0 Å². The molecule has 0 saturated heterocycles. The van der Waals surface area contributed by atoms with Crippen molar-refractivity contribution in [1.29, 1.82) is 0 Å². The van der Waals surface area contributed by atoms with Crippen LogP contribution in [-0.4, -0.2) is 20.9 Å². The molecule has 1 aliphatic heterocycles. The van der Waals surface area contributed by atoms with Crippen LogP contribution in [0.4, 0.5) is 11.4 Å². The maximum atomic E-state index is 13.3. The Labute approximate surface area is 171 Å². The molecule has 0 bridgehead atoms. The summed E-state index contributed by atoms with van der Waals surface area (Å²) in [7, 11) is -3.71. The van der Waals surface area contributed by atoms with Crippen molar-refractivity contribution >= 4 is 27.3 Å². The molecule has 6 heteroatoms. The molecule has 29 heavy (non-hydrogen) atoms. The zero-order chi connectivity index (χ0) is 20.3. The third-order valence-electron chi connectivity index (χ3n) is 5.02. The third kappa shape index (κ3) is 4.17. The van der Waals surface area contributed by atoms with Gasteiger partial charge in [-0.25, -0.2) is 8.42 Å². The van der Waals surface area contributed by atoms with Crippen LogP contribution in [0.3, 0.4) is 0 Å². The minimum absolute atomic E-state index is 0.125. The molecule has 0 atom stereocenters. The van der Waals surface area contributed by atoms with Crippen LogP contribution in [0.15, 0.2) is 83.8 Å². The lowest BCUT2D eigenvalue weighted by atomic mass is 10.1. The summed E-state index contributed by atoms with van der Waals surface area (Å²) in [5, 5.41) is 0. The van der Waals surface area contributed by atoms with Crippen LogP contribution in [-0.2, 0) is 16.4 Å². The molecule has 0 spiro atoms. The van der Waals surface area contributed by atoms with Crippen LogP contribution in [0, 0.1) is 0 Å². The Bertz CT molecular complexity index is 1130. The molecule has 1 N–H and O–H groups in total. The number of nitrogens with one attached hydrogen (secondary N) is 1. The number of hydrogen-bond acceptors (Lipinski definition) is 3. The van der Waals surface area contributed by atoms with Crippen molar-refractivity contribution in [2.45, 2.75) is 24.2 Å². The molecule has 0 aromatic heterocycles. The van der Waals surface area contributed by atoms with Gasteiger partial charge in [0.1, 0.15) is 0 Å². The van der Waals surface area contributed by atoms with Crippen molar-refractivity contribution in [2.24, 2.45) is 0 Å². The monoisotopic (exact) mass is 406 g/mol. The predicted octanol–water partition coefficient (Wildman–Crippen LogP) is 4.47. The van der Waals surface area contributed by atoms with E-state index in [0.29, 0.717) is 17.8 Å². The predicted molar refractivity (Wildman–Crippen MR) is 115 cm³/mol. The molecule has 1 amide bonds. The number of amides is 1. The molecule has 0 radical (unpaired) electrons. The smallest absolute Gasteiger partial charge is 0.261 e. The molecule has 148 valence electrons. The zero-order valence-electron chi connectivity index (χ0n) is 15.9. The standard InChI is InChI=1S/C23H22N2O3S/c26-23(25-16-7-6-10-18-9-4-5-15-22(18)25)19-11-8-12-20(17-19)24-29(27,28)21-13-2-1-3-14-21/h1-5,8-9,11-15,17,24H,6-7,10,16H2. The van der Waals surface area contributed by atoms with Gasteiger partial charge in [0.2, 0.25) is 0 Å². The van der Waals surface area contributed by atoms with Gasteiger partial charge in [-0.15, -0.1) is 0 Å². The minimum atomic E-state index is -3.71. The molecular formula is C23H22N2O3S. The van der Waals surface area contributed by atoms with Gasteiger partial charge >= 0.3 is 0 Å². The van der Waals surface area contributed by atoms with Gasteiger partial charge < -0.3 is 4.90 Å². The Morgan fingerprint density at radius 3 is 2.45 bits per heavy atom. The quantitative estimate of drug-likeness (QED) is 0.695. The number of rotatable bonds is 4. The lowest BCUT2D eigenvalue weighted by molar-refractivity contribution is 0.0987. The number of para-hydroxylation sites is 1. The number of aryl methyl sites for hydroxylation is 1. The van der Waals surface area contributed by atoms with Crippen molar-refractivity contribution in [1.82, 2.24) is 0 Å². The largest absolute Gasteiger partial charge is 0.308 e. The second-order valence-electron chi connectivity index (χ2n) is 7.04. The number of benzene rings is 3. The molecule has 4 rings (SSSR count). The fraction of sp³-hybridized carbons (Fsp3) is 0.174. The molecule has 3 aromatic carbocycles. The van der Waals surface area contributed by atoms with Crippen LogP contribution < -0.4 is 9.62 Å². The number of carbonyl (C=O) groups excluding carboxylic acids is 1. The minimum Gasteiger partial charge on any atom is -0.308 e. The van der Waals surface area contributed by atoms with Gasteiger partial charge in [-0.3, -0.25) is 9.52 Å². The Morgan fingerprint density at radius 1 is 0.862 bits per heavy atom. The van der Waals surface area contributed by atoms with Crippen LogP contribution in [0.1, 0.15) is 28.8 Å². The molecule has 0 saturated carbocycles. The van der Waals surface area contributed by atoms with E-state index in [-0.39, 0.29) is 10.8 Å². The molecule has 1 heterocycles. The third-order valence-corrected chi connectivity index (χ3v) is 6.42. The highest BCUT2D eigenvalue weighted by Gasteiger charge is 2.22. The zero-order valence-corrected chi connectivity index (χ0v) is 16.7. The van der Waals surface area contributed by atoms with E-state index < -0.39 is 10.0 Å². The average Bonchev–Trinajstić information content (AvgIpc) is 2.96. The fourth-order valence-electron chi connectivity index (χ4n) is 3.59. The first-order valence-corrected chi connectivity index (χ1v) is 11.1. The van der Waals surface area contributed by atoms with Crippen LogP contribution in [0.25, 0.3) is 0 Å². The Hall–Kier alpha value is -3.12. The molecule has 1 aliphatic rings. The number of carbonyl (C=O) groups is 1. The highest BCUT2D eigenvalue weighted by atomic mass is 32.2. The second kappa shape index (κ2) is 8.09. The average molecular weight is 407 g/mol. The van der Waals surface area contributed by atoms with Gasteiger partial charge in [-0.1, -0.05) is 42.5 Å². The molecule has 0 fully saturated rings. The topological polar surface area (TPSA) is 66.5 Å². The number of sulfonamides is 1. The number of fused-ring (bicyclic) bond motifs is 1. The highest BCUT2D eigenvalue weighted by molar-refractivity contribution is 7.92. The summed E-state index contributed by atoms with van der Waals surface area (Å²) in [6, 6.07) is 22.8. The van der Waals surface area contributed by atoms with Gasteiger partial charge in [0.05, 0.1) is 4.90 Å². The van der Waals surface area contributed by atoms with Crippen LogP contribution in [0.5, 0.6) is 0 Å². The van der Waals surface area contributed by atoms with Gasteiger partial charge in [-0.05, 0) is 61.2 Å². The van der Waals surface area contributed by atoms with Crippen molar-refractivity contribution in [2.75, 3.05) is 16.2 Å². The van der Waals surface area contributed by atoms with E-state index in [1.165, 1.54) is 17.7 Å². The van der Waals surface area contributed by atoms with Crippen LogP contribution >= 0.6 is 0 Å². The summed E-state index contributed by atoms with van der Waals surface area (Å²) >= 11 is 0. The first-order chi connectivity index (χ1) is 14.0. The number of nitrogens with zero attached hydrogens (tertiary/aromatic N) is 1. The van der Waals surface area contributed by atoms with E-state index in [9.17, 15) is 13.2 Å². The van der Waals surface area contributed by atoms with Gasteiger partial charge in [-0.2, -0.15) is 0 Å². The van der Waals surface area contributed by atoms with Crippen LogP contribution in [0.2, 0.25) is 0 Å². The number of hydrogen-bond donors (Lipinski definition) is 1. The van der Waals surface area contributed by atoms with E-state index in [2.05, 4.69) is 10.8 Å². The normalized spacial score (nSPS) is 14.0. The Kier molecular flexibility index (Phi) is 5.36. The molecule has 0 unspecified atom stereocenters. The SMILES string of the molecule is O=C(c1cccc(NS(=O)(=O)c2ccccc2)c1)N1CCCCc2ccccc21. The van der Waals surface area contributed by atoms with Crippen molar-refractivity contribution in [3.8, 4) is 0 Å². The summed E-state index contributed by atoms with van der Waals surface area (Å²) in [6.45, 7) is 0.649. The summed E-state index contributed by atoms with van der Waals surface area (Å²) in [5.74, 6) is -0.125. The molecule has 0 aliphatic carbocycles. The summed E-state index contributed by atoms with van der Waals surface area (Å²) in [6.07, 6.45) is 2.93. The van der Waals surface area contributed by atoms with E-state index in [1.807, 2.05) is 18.2 Å². The lowest BCUT2D eigenvalue weighted by Gasteiger charge is -2.23. The van der Waals surface area contributed by atoms with Gasteiger partial charge in [0.15, 0.2) is 0 Å². The van der Waals surface area contributed by atoms with Gasteiger partial charge in [0, 0.05) is 23.5 Å². The number of anilines is 2. The maximum absolute atomic E-state index is 13.3. The highest BCUT2D eigenvalue weighted by Crippen LogP contribution is 2.28. The van der Waals surface area contributed by atoms with Crippen molar-refractivity contribution in [3.05, 3.63) is 90.0 Å². The molecule has 3 aromatic rings. The second-order valence-corrected chi connectivity index (χ2v) is 8.72. The van der Waals surface area contributed by atoms with Crippen molar-refractivity contribution < 1.29 is 13.2 Å². The summed E-state index contributed by atoms with van der Waals surface area (Å²) < 4.78 is 27.7. The molecular weight excluding hydrogens is 384 g/mol. The first-order valence-electron chi connectivity index (χ1n) is 9.62. The Morgan fingerprint density at radius 2 is 1.62 bits per heavy atom. The van der Waals surface area contributed by atoms with E-state index in [4.69, 9.17) is 0 Å². The summed E-state index contributed by atoms with van der Waals surface area (Å²) in [4.78, 5) is 15.2. The maximum Gasteiger partial charge on any atom is 0.261 e. The molecule has 5 nitrogen and oxygen atoms in total. The summed E-state index contributed by atoms with van der Waals surface area (Å²) in [5.41, 5.74) is 2.92. The van der Waals surface area contributed by atoms with Gasteiger partial charge in [0.25, 0.3) is 15.9 Å². The fourth-order valence-corrected chi connectivity index (χ4v) is 4.66.